The molecule has 0 radical (unpaired) electrons. The lowest BCUT2D eigenvalue weighted by Gasteiger charge is -2.15. The van der Waals surface area contributed by atoms with Gasteiger partial charge >= 0.3 is 0 Å². The van der Waals surface area contributed by atoms with Gasteiger partial charge in [-0.2, -0.15) is 10.1 Å². The first-order valence-electron chi connectivity index (χ1n) is 8.81. The highest BCUT2D eigenvalue weighted by Crippen LogP contribution is 2.25. The summed E-state index contributed by atoms with van der Waals surface area (Å²) in [6.07, 6.45) is 3.44. The van der Waals surface area contributed by atoms with Crippen LogP contribution in [0, 0.1) is 13.8 Å². The highest BCUT2D eigenvalue weighted by Gasteiger charge is 2.16. The molecule has 4 heterocycles. The van der Waals surface area contributed by atoms with E-state index in [1.807, 2.05) is 61.8 Å². The van der Waals surface area contributed by atoms with Crippen LogP contribution < -0.4 is 4.90 Å². The van der Waals surface area contributed by atoms with Crippen LogP contribution in [0.1, 0.15) is 17.3 Å². The number of nitrogens with zero attached hydrogens (tertiary/aromatic N) is 8. The Balaban J connectivity index is 1.56. The molecule has 0 aliphatic heterocycles. The van der Waals surface area contributed by atoms with Crippen molar-refractivity contribution < 1.29 is 4.52 Å². The Morgan fingerprint density at radius 2 is 1.89 bits per heavy atom. The molecule has 0 unspecified atom stereocenters. The summed E-state index contributed by atoms with van der Waals surface area (Å²) in [6, 6.07) is 7.45. The summed E-state index contributed by atoms with van der Waals surface area (Å²) in [4.78, 5) is 19.6. The monoisotopic (exact) mass is 376 g/mol. The van der Waals surface area contributed by atoms with E-state index in [0.29, 0.717) is 29.9 Å². The summed E-state index contributed by atoms with van der Waals surface area (Å²) in [5.74, 6) is 1.49. The molecule has 0 bridgehead atoms. The quantitative estimate of drug-likeness (QED) is 0.524. The Morgan fingerprint density at radius 3 is 2.61 bits per heavy atom. The number of aromatic nitrogens is 7. The molecule has 0 aliphatic carbocycles. The molecular weight excluding hydrogens is 356 g/mol. The van der Waals surface area contributed by atoms with E-state index < -0.39 is 0 Å². The smallest absolute Gasteiger partial charge is 0.246 e. The van der Waals surface area contributed by atoms with Crippen molar-refractivity contribution in [2.75, 3.05) is 11.9 Å². The Kier molecular flexibility index (Phi) is 4.56. The van der Waals surface area contributed by atoms with Gasteiger partial charge in [0.2, 0.25) is 17.7 Å². The predicted molar refractivity (Wildman–Crippen MR) is 103 cm³/mol. The van der Waals surface area contributed by atoms with Crippen molar-refractivity contribution in [3.8, 4) is 22.8 Å². The molecular formula is C19H20N8O. The minimum absolute atomic E-state index is 0.383. The van der Waals surface area contributed by atoms with Gasteiger partial charge in [-0.1, -0.05) is 11.2 Å². The van der Waals surface area contributed by atoms with Crippen molar-refractivity contribution in [1.29, 1.82) is 0 Å². The lowest BCUT2D eigenvalue weighted by Crippen LogP contribution is -2.19. The molecule has 4 aromatic heterocycles. The van der Waals surface area contributed by atoms with Crippen molar-refractivity contribution in [1.82, 2.24) is 34.9 Å². The molecule has 0 spiro atoms. The van der Waals surface area contributed by atoms with Crippen LogP contribution in [-0.4, -0.2) is 41.9 Å². The summed E-state index contributed by atoms with van der Waals surface area (Å²) in [5.41, 5.74) is 4.52. The van der Waals surface area contributed by atoms with Gasteiger partial charge in [-0.15, -0.1) is 0 Å². The van der Waals surface area contributed by atoms with Crippen LogP contribution in [0.3, 0.4) is 0 Å². The fourth-order valence-electron chi connectivity index (χ4n) is 3.01. The first-order chi connectivity index (χ1) is 13.5. The van der Waals surface area contributed by atoms with Gasteiger partial charge in [-0.25, -0.2) is 9.97 Å². The maximum absolute atomic E-state index is 5.36. The molecule has 142 valence electrons. The van der Waals surface area contributed by atoms with Gasteiger partial charge < -0.3 is 9.42 Å². The Hall–Kier alpha value is -3.62. The molecule has 28 heavy (non-hydrogen) atoms. The topological polar surface area (TPSA) is 98.7 Å². The van der Waals surface area contributed by atoms with Crippen molar-refractivity contribution in [2.45, 2.75) is 20.4 Å². The molecule has 0 saturated heterocycles. The molecule has 0 aliphatic rings. The van der Waals surface area contributed by atoms with Crippen molar-refractivity contribution in [2.24, 2.45) is 7.05 Å². The molecule has 9 heteroatoms. The molecule has 0 saturated carbocycles. The lowest BCUT2D eigenvalue weighted by molar-refractivity contribution is 0.378. The zero-order chi connectivity index (χ0) is 19.7. The normalized spacial score (nSPS) is 11.0. The van der Waals surface area contributed by atoms with E-state index in [1.54, 1.807) is 12.4 Å². The average molecular weight is 376 g/mol. The molecule has 0 N–H and O–H groups in total. The van der Waals surface area contributed by atoms with Gasteiger partial charge in [0.05, 0.1) is 17.9 Å². The second kappa shape index (κ2) is 7.18. The van der Waals surface area contributed by atoms with Crippen molar-refractivity contribution in [3.05, 3.63) is 53.9 Å². The summed E-state index contributed by atoms with van der Waals surface area (Å²) >= 11 is 0. The largest absolute Gasteiger partial charge is 0.337 e. The van der Waals surface area contributed by atoms with Crippen molar-refractivity contribution in [3.63, 3.8) is 0 Å². The van der Waals surface area contributed by atoms with Gasteiger partial charge in [0.25, 0.3) is 0 Å². The van der Waals surface area contributed by atoms with E-state index in [2.05, 4.69) is 25.2 Å². The second-order valence-corrected chi connectivity index (χ2v) is 6.49. The molecule has 0 fully saturated rings. The standard InChI is InChI=1S/C19H20N8O/c1-12-17(13(2)27(4)24-12)14-8-10-21-19(22-14)26(3)11-16-23-18(25-28-16)15-7-5-6-9-20-15/h5-10H,11H2,1-4H3. The molecule has 0 amide bonds. The van der Waals surface area contributed by atoms with E-state index >= 15 is 0 Å². The van der Waals surface area contributed by atoms with Crippen LogP contribution in [0.5, 0.6) is 0 Å². The maximum Gasteiger partial charge on any atom is 0.246 e. The fraction of sp³-hybridized carbons (Fsp3) is 0.263. The number of pyridine rings is 1. The van der Waals surface area contributed by atoms with Gasteiger partial charge in [0.1, 0.15) is 5.69 Å². The van der Waals surface area contributed by atoms with Crippen LogP contribution in [0.4, 0.5) is 5.95 Å². The zero-order valence-electron chi connectivity index (χ0n) is 16.2. The van der Waals surface area contributed by atoms with E-state index in [4.69, 9.17) is 9.51 Å². The number of aryl methyl sites for hydroxylation is 2. The number of rotatable bonds is 5. The van der Waals surface area contributed by atoms with E-state index in [-0.39, 0.29) is 0 Å². The number of hydrogen-bond donors (Lipinski definition) is 0. The van der Waals surface area contributed by atoms with E-state index in [1.165, 1.54) is 0 Å². The summed E-state index contributed by atoms with van der Waals surface area (Å²) in [6.45, 7) is 4.39. The van der Waals surface area contributed by atoms with Gasteiger partial charge in [-0.3, -0.25) is 9.67 Å². The zero-order valence-corrected chi connectivity index (χ0v) is 16.2. The SMILES string of the molecule is Cc1nn(C)c(C)c1-c1ccnc(N(C)Cc2nc(-c3ccccn3)no2)n1. The van der Waals surface area contributed by atoms with Gasteiger partial charge in [-0.05, 0) is 32.0 Å². The van der Waals surface area contributed by atoms with E-state index in [0.717, 1.165) is 22.6 Å². The summed E-state index contributed by atoms with van der Waals surface area (Å²) in [7, 11) is 3.81. The molecule has 4 rings (SSSR count). The Bertz CT molecular complexity index is 1100. The third-order valence-corrected chi connectivity index (χ3v) is 4.48. The summed E-state index contributed by atoms with van der Waals surface area (Å²) < 4.78 is 7.21. The number of anilines is 1. The third kappa shape index (κ3) is 3.34. The van der Waals surface area contributed by atoms with Crippen LogP contribution >= 0.6 is 0 Å². The van der Waals surface area contributed by atoms with Gasteiger partial charge in [0.15, 0.2) is 0 Å². The molecule has 0 aromatic carbocycles. The predicted octanol–water partition coefficient (Wildman–Crippen LogP) is 2.58. The Labute approximate surface area is 162 Å². The maximum atomic E-state index is 5.36. The van der Waals surface area contributed by atoms with Crippen LogP contribution in [0.15, 0.2) is 41.2 Å². The highest BCUT2D eigenvalue weighted by molar-refractivity contribution is 5.65. The molecule has 4 aromatic rings. The minimum atomic E-state index is 0.383. The minimum Gasteiger partial charge on any atom is -0.337 e. The third-order valence-electron chi connectivity index (χ3n) is 4.48. The highest BCUT2D eigenvalue weighted by atomic mass is 16.5. The number of hydrogen-bond acceptors (Lipinski definition) is 8. The van der Waals surface area contributed by atoms with Gasteiger partial charge in [0, 0.05) is 37.7 Å². The average Bonchev–Trinajstić information content (AvgIpc) is 3.27. The molecule has 9 nitrogen and oxygen atoms in total. The molecule has 0 atom stereocenters. The lowest BCUT2D eigenvalue weighted by atomic mass is 10.1. The first kappa shape index (κ1) is 17.8. The first-order valence-corrected chi connectivity index (χ1v) is 8.81. The van der Waals surface area contributed by atoms with Crippen LogP contribution in [-0.2, 0) is 13.6 Å². The van der Waals surface area contributed by atoms with Crippen LogP contribution in [0.25, 0.3) is 22.8 Å². The fourth-order valence-corrected chi connectivity index (χ4v) is 3.01. The summed E-state index contributed by atoms with van der Waals surface area (Å²) in [5, 5.41) is 8.46. The van der Waals surface area contributed by atoms with E-state index in [9.17, 15) is 0 Å². The van der Waals surface area contributed by atoms with Crippen LogP contribution in [0.2, 0.25) is 0 Å². The van der Waals surface area contributed by atoms with Crippen molar-refractivity contribution >= 4 is 5.95 Å². The second-order valence-electron chi connectivity index (χ2n) is 6.49. The Morgan fingerprint density at radius 1 is 1.04 bits per heavy atom.